The van der Waals surface area contributed by atoms with Crippen LogP contribution in [0.2, 0.25) is 5.02 Å². The van der Waals surface area contributed by atoms with Gasteiger partial charge in [-0.3, -0.25) is 4.79 Å². The van der Waals surface area contributed by atoms with E-state index in [9.17, 15) is 4.79 Å². The van der Waals surface area contributed by atoms with Crippen LogP contribution in [0.15, 0.2) is 45.5 Å². The number of carbonyl (C=O) groups is 1. The number of benzene rings is 1. The number of hydrogen-bond donors (Lipinski definition) is 1. The van der Waals surface area contributed by atoms with Crippen molar-refractivity contribution in [3.8, 4) is 0 Å². The number of nitrogens with one attached hydrogen (secondary N) is 1. The number of carbonyl (C=O) groups excluding carboxylic acids is 1. The van der Waals surface area contributed by atoms with Gasteiger partial charge in [0.1, 0.15) is 5.76 Å². The molecular formula is C12H9BrClNO2. The van der Waals surface area contributed by atoms with Crippen LogP contribution in [0.4, 0.5) is 0 Å². The summed E-state index contributed by atoms with van der Waals surface area (Å²) >= 11 is 9.15. The van der Waals surface area contributed by atoms with Crippen molar-refractivity contribution in [3.05, 3.63) is 57.4 Å². The third kappa shape index (κ3) is 3.35. The summed E-state index contributed by atoms with van der Waals surface area (Å²) in [5, 5.41) is 3.26. The molecule has 0 spiro atoms. The van der Waals surface area contributed by atoms with Crippen molar-refractivity contribution in [1.82, 2.24) is 5.32 Å². The van der Waals surface area contributed by atoms with Crippen LogP contribution in [0.3, 0.4) is 0 Å². The first-order valence-corrected chi connectivity index (χ1v) is 6.09. The molecule has 5 heteroatoms. The van der Waals surface area contributed by atoms with E-state index in [2.05, 4.69) is 21.2 Å². The summed E-state index contributed by atoms with van der Waals surface area (Å²) < 4.78 is 5.89. The molecule has 1 aromatic heterocycles. The molecule has 3 nitrogen and oxygen atoms in total. The van der Waals surface area contributed by atoms with E-state index >= 15 is 0 Å². The molecule has 88 valence electrons. The number of amides is 1. The number of halogens is 2. The van der Waals surface area contributed by atoms with Crippen LogP contribution in [0, 0.1) is 0 Å². The molecule has 0 aliphatic heterocycles. The van der Waals surface area contributed by atoms with Gasteiger partial charge in [0, 0.05) is 15.1 Å². The summed E-state index contributed by atoms with van der Waals surface area (Å²) in [7, 11) is 0. The molecule has 0 saturated heterocycles. The fraction of sp³-hybridized carbons (Fsp3) is 0.0833. The first-order valence-electron chi connectivity index (χ1n) is 4.92. The summed E-state index contributed by atoms with van der Waals surface area (Å²) in [6, 6.07) is 8.63. The van der Waals surface area contributed by atoms with Gasteiger partial charge in [0.15, 0.2) is 0 Å². The van der Waals surface area contributed by atoms with Crippen molar-refractivity contribution in [2.24, 2.45) is 0 Å². The molecule has 0 bridgehead atoms. The van der Waals surface area contributed by atoms with Crippen molar-refractivity contribution in [1.29, 1.82) is 0 Å². The lowest BCUT2D eigenvalue weighted by atomic mass is 10.2. The molecule has 0 atom stereocenters. The Labute approximate surface area is 112 Å². The lowest BCUT2D eigenvalue weighted by molar-refractivity contribution is 0.0948. The molecule has 1 aromatic carbocycles. The van der Waals surface area contributed by atoms with Crippen LogP contribution >= 0.6 is 27.5 Å². The lowest BCUT2D eigenvalue weighted by Gasteiger charge is -2.04. The third-order valence-electron chi connectivity index (χ3n) is 2.13. The fourth-order valence-electron chi connectivity index (χ4n) is 1.37. The van der Waals surface area contributed by atoms with Crippen LogP contribution in [-0.4, -0.2) is 5.91 Å². The molecule has 2 aromatic rings. The van der Waals surface area contributed by atoms with E-state index in [-0.39, 0.29) is 5.91 Å². The van der Waals surface area contributed by atoms with Gasteiger partial charge in [-0.1, -0.05) is 27.5 Å². The highest BCUT2D eigenvalue weighted by atomic mass is 79.9. The Bertz CT molecular complexity index is 505. The molecule has 17 heavy (non-hydrogen) atoms. The zero-order valence-corrected chi connectivity index (χ0v) is 11.1. The van der Waals surface area contributed by atoms with E-state index in [0.29, 0.717) is 22.9 Å². The monoisotopic (exact) mass is 313 g/mol. The molecule has 1 heterocycles. The van der Waals surface area contributed by atoms with E-state index in [1.54, 1.807) is 36.6 Å². The van der Waals surface area contributed by atoms with Gasteiger partial charge in [-0.15, -0.1) is 0 Å². The van der Waals surface area contributed by atoms with Gasteiger partial charge < -0.3 is 9.73 Å². The average Bonchev–Trinajstić information content (AvgIpc) is 2.77. The van der Waals surface area contributed by atoms with Gasteiger partial charge in [-0.25, -0.2) is 0 Å². The Morgan fingerprint density at radius 3 is 2.88 bits per heavy atom. The number of rotatable bonds is 3. The Morgan fingerprint density at radius 2 is 2.24 bits per heavy atom. The summed E-state index contributed by atoms with van der Waals surface area (Å²) in [6.07, 6.45) is 1.57. The highest BCUT2D eigenvalue weighted by Gasteiger charge is 2.07. The second-order valence-corrected chi connectivity index (χ2v) is 4.77. The van der Waals surface area contributed by atoms with Crippen LogP contribution < -0.4 is 5.32 Å². The van der Waals surface area contributed by atoms with E-state index in [1.807, 2.05) is 0 Å². The van der Waals surface area contributed by atoms with Crippen molar-refractivity contribution in [2.45, 2.75) is 6.54 Å². The maximum absolute atomic E-state index is 11.8. The van der Waals surface area contributed by atoms with Crippen molar-refractivity contribution < 1.29 is 9.21 Å². The van der Waals surface area contributed by atoms with Gasteiger partial charge in [0.2, 0.25) is 0 Å². The second-order valence-electron chi connectivity index (χ2n) is 3.42. The van der Waals surface area contributed by atoms with Crippen LogP contribution in [-0.2, 0) is 6.54 Å². The van der Waals surface area contributed by atoms with E-state index in [4.69, 9.17) is 16.0 Å². The average molecular weight is 315 g/mol. The summed E-state index contributed by atoms with van der Waals surface area (Å²) in [4.78, 5) is 11.8. The van der Waals surface area contributed by atoms with Gasteiger partial charge in [-0.2, -0.15) is 0 Å². The normalized spacial score (nSPS) is 10.2. The minimum atomic E-state index is -0.190. The first-order chi connectivity index (χ1) is 8.15. The van der Waals surface area contributed by atoms with E-state index < -0.39 is 0 Å². The number of hydrogen-bond acceptors (Lipinski definition) is 2. The summed E-state index contributed by atoms with van der Waals surface area (Å²) in [5.74, 6) is 0.518. The SMILES string of the molecule is O=C(NCc1ccco1)c1cc(Cl)cc(Br)c1. The van der Waals surface area contributed by atoms with Crippen LogP contribution in [0.1, 0.15) is 16.1 Å². The Kier molecular flexibility index (Phi) is 3.86. The largest absolute Gasteiger partial charge is 0.467 e. The molecule has 1 N–H and O–H groups in total. The molecule has 0 aliphatic carbocycles. The number of furan rings is 1. The highest BCUT2D eigenvalue weighted by molar-refractivity contribution is 9.10. The molecule has 2 rings (SSSR count). The summed E-state index contributed by atoms with van der Waals surface area (Å²) in [6.45, 7) is 0.357. The smallest absolute Gasteiger partial charge is 0.251 e. The minimum absolute atomic E-state index is 0.190. The lowest BCUT2D eigenvalue weighted by Crippen LogP contribution is -2.22. The predicted octanol–water partition coefficient (Wildman–Crippen LogP) is 3.63. The fourth-order valence-corrected chi connectivity index (χ4v) is 2.23. The second kappa shape index (κ2) is 5.38. The molecule has 1 amide bonds. The van der Waals surface area contributed by atoms with Gasteiger partial charge >= 0.3 is 0 Å². The zero-order valence-electron chi connectivity index (χ0n) is 8.74. The highest BCUT2D eigenvalue weighted by Crippen LogP contribution is 2.19. The van der Waals surface area contributed by atoms with Gasteiger partial charge in [0.25, 0.3) is 5.91 Å². The van der Waals surface area contributed by atoms with Crippen molar-refractivity contribution in [2.75, 3.05) is 0 Å². The summed E-state index contributed by atoms with van der Waals surface area (Å²) in [5.41, 5.74) is 0.510. The molecular weight excluding hydrogens is 305 g/mol. The quantitative estimate of drug-likeness (QED) is 0.940. The predicted molar refractivity (Wildman–Crippen MR) is 69.0 cm³/mol. The molecule has 0 saturated carbocycles. The molecule has 0 fully saturated rings. The molecule has 0 radical (unpaired) electrons. The minimum Gasteiger partial charge on any atom is -0.467 e. The van der Waals surface area contributed by atoms with Crippen LogP contribution in [0.25, 0.3) is 0 Å². The van der Waals surface area contributed by atoms with Gasteiger partial charge in [0.05, 0.1) is 12.8 Å². The Morgan fingerprint density at radius 1 is 1.41 bits per heavy atom. The topological polar surface area (TPSA) is 42.2 Å². The standard InChI is InChI=1S/C12H9BrClNO2/c13-9-4-8(5-10(14)6-9)12(16)15-7-11-2-1-3-17-11/h1-6H,7H2,(H,15,16). The molecule has 0 aliphatic rings. The van der Waals surface area contributed by atoms with E-state index in [0.717, 1.165) is 4.47 Å². The van der Waals surface area contributed by atoms with Crippen molar-refractivity contribution in [3.63, 3.8) is 0 Å². The molecule has 0 unspecified atom stereocenters. The zero-order chi connectivity index (χ0) is 12.3. The maximum Gasteiger partial charge on any atom is 0.251 e. The van der Waals surface area contributed by atoms with Crippen LogP contribution in [0.5, 0.6) is 0 Å². The third-order valence-corrected chi connectivity index (χ3v) is 2.80. The van der Waals surface area contributed by atoms with Crippen molar-refractivity contribution >= 4 is 33.4 Å². The maximum atomic E-state index is 11.8. The Hall–Kier alpha value is -1.26. The first kappa shape index (κ1) is 12.2. The Balaban J connectivity index is 2.04. The van der Waals surface area contributed by atoms with E-state index in [1.165, 1.54) is 0 Å². The van der Waals surface area contributed by atoms with Gasteiger partial charge in [-0.05, 0) is 30.3 Å².